The second-order valence-corrected chi connectivity index (χ2v) is 5.66. The molecular formula is C13H19IO. The van der Waals surface area contributed by atoms with E-state index >= 15 is 0 Å². The van der Waals surface area contributed by atoms with Crippen LogP contribution in [0.4, 0.5) is 0 Å². The summed E-state index contributed by atoms with van der Waals surface area (Å²) in [7, 11) is 0. The minimum Gasteiger partial charge on any atom is -0.367 e. The maximum absolute atomic E-state index is 6.01. The highest BCUT2D eigenvalue weighted by Gasteiger charge is 2.19. The minimum absolute atomic E-state index is 0.0826. The predicted molar refractivity (Wildman–Crippen MR) is 73.6 cm³/mol. The van der Waals surface area contributed by atoms with Gasteiger partial charge in [0.25, 0.3) is 0 Å². The molecule has 0 saturated heterocycles. The van der Waals surface area contributed by atoms with E-state index in [1.54, 1.807) is 0 Å². The summed E-state index contributed by atoms with van der Waals surface area (Å²) in [6, 6.07) is 8.59. The Balaban J connectivity index is 2.79. The maximum Gasteiger partial charge on any atom is 0.0921 e. The lowest BCUT2D eigenvalue weighted by Gasteiger charge is -2.26. The third-order valence-electron chi connectivity index (χ3n) is 2.09. The molecule has 84 valence electrons. The normalized spacial score (nSPS) is 13.9. The highest BCUT2D eigenvalue weighted by Crippen LogP contribution is 2.25. The molecule has 0 heterocycles. The standard InChI is InChI=1S/C13H19IO/c1-10-5-7-11(8-6-10)12(9-14)15-13(2,3)4/h5-8,12H,9H2,1-4H3. The summed E-state index contributed by atoms with van der Waals surface area (Å²) >= 11 is 2.38. The van der Waals surface area contributed by atoms with Gasteiger partial charge in [0.05, 0.1) is 11.7 Å². The molecule has 15 heavy (non-hydrogen) atoms. The number of alkyl halides is 1. The largest absolute Gasteiger partial charge is 0.367 e. The molecule has 1 rings (SSSR count). The highest BCUT2D eigenvalue weighted by atomic mass is 127. The average Bonchev–Trinajstić information content (AvgIpc) is 2.14. The lowest BCUT2D eigenvalue weighted by molar-refractivity contribution is -0.0494. The molecule has 0 aliphatic carbocycles. The lowest BCUT2D eigenvalue weighted by Crippen LogP contribution is -2.23. The fourth-order valence-corrected chi connectivity index (χ4v) is 2.08. The van der Waals surface area contributed by atoms with Crippen LogP contribution in [0.3, 0.4) is 0 Å². The van der Waals surface area contributed by atoms with Crippen LogP contribution in [-0.4, -0.2) is 10.0 Å². The first-order chi connectivity index (χ1) is 6.92. The van der Waals surface area contributed by atoms with E-state index < -0.39 is 0 Å². The fraction of sp³-hybridized carbons (Fsp3) is 0.538. The summed E-state index contributed by atoms with van der Waals surface area (Å²) in [6.45, 7) is 8.40. The van der Waals surface area contributed by atoms with Crippen LogP contribution in [0.15, 0.2) is 24.3 Å². The van der Waals surface area contributed by atoms with Gasteiger partial charge in [-0.15, -0.1) is 0 Å². The van der Waals surface area contributed by atoms with Crippen LogP contribution in [0.1, 0.15) is 38.0 Å². The quantitative estimate of drug-likeness (QED) is 0.597. The number of ether oxygens (including phenoxy) is 1. The Hall–Kier alpha value is -0.0900. The zero-order valence-electron chi connectivity index (χ0n) is 9.88. The summed E-state index contributed by atoms with van der Waals surface area (Å²) in [6.07, 6.45) is 0.200. The first kappa shape index (κ1) is 13.0. The number of benzene rings is 1. The smallest absolute Gasteiger partial charge is 0.0921 e. The Morgan fingerprint density at radius 2 is 1.73 bits per heavy atom. The molecule has 0 radical (unpaired) electrons. The summed E-state index contributed by atoms with van der Waals surface area (Å²) in [5.41, 5.74) is 2.48. The van der Waals surface area contributed by atoms with Gasteiger partial charge in [-0.25, -0.2) is 0 Å². The van der Waals surface area contributed by atoms with Crippen LogP contribution >= 0.6 is 22.6 Å². The molecule has 1 unspecified atom stereocenters. The van der Waals surface area contributed by atoms with E-state index in [2.05, 4.69) is 74.6 Å². The van der Waals surface area contributed by atoms with E-state index in [-0.39, 0.29) is 11.7 Å². The summed E-state index contributed by atoms with van der Waals surface area (Å²) in [5, 5.41) is 0. The van der Waals surface area contributed by atoms with Crippen molar-refractivity contribution in [2.45, 2.75) is 39.4 Å². The van der Waals surface area contributed by atoms with Crippen molar-refractivity contribution in [3.8, 4) is 0 Å². The van der Waals surface area contributed by atoms with E-state index in [1.807, 2.05) is 0 Å². The summed E-state index contributed by atoms with van der Waals surface area (Å²) in [4.78, 5) is 0. The Morgan fingerprint density at radius 3 is 2.13 bits per heavy atom. The van der Waals surface area contributed by atoms with Gasteiger partial charge in [0.1, 0.15) is 0 Å². The van der Waals surface area contributed by atoms with E-state index in [9.17, 15) is 0 Å². The SMILES string of the molecule is Cc1ccc(C(CI)OC(C)(C)C)cc1. The highest BCUT2D eigenvalue weighted by molar-refractivity contribution is 14.1. The Bertz CT molecular complexity index is 297. The average molecular weight is 318 g/mol. The van der Waals surface area contributed by atoms with Crippen LogP contribution in [0.2, 0.25) is 0 Å². The zero-order valence-corrected chi connectivity index (χ0v) is 12.0. The molecule has 0 N–H and O–H groups in total. The van der Waals surface area contributed by atoms with Gasteiger partial charge in [0.15, 0.2) is 0 Å². The second kappa shape index (κ2) is 5.30. The molecule has 0 aliphatic rings. The van der Waals surface area contributed by atoms with E-state index in [0.717, 1.165) is 4.43 Å². The van der Waals surface area contributed by atoms with Crippen molar-refractivity contribution in [3.05, 3.63) is 35.4 Å². The van der Waals surface area contributed by atoms with Crippen LogP contribution in [-0.2, 0) is 4.74 Å². The Morgan fingerprint density at radius 1 is 1.20 bits per heavy atom. The van der Waals surface area contributed by atoms with Crippen molar-refractivity contribution < 1.29 is 4.74 Å². The Labute approximate surface area is 106 Å². The van der Waals surface area contributed by atoms with Gasteiger partial charge >= 0.3 is 0 Å². The monoisotopic (exact) mass is 318 g/mol. The third-order valence-corrected chi connectivity index (χ3v) is 2.89. The van der Waals surface area contributed by atoms with Crippen LogP contribution in [0.25, 0.3) is 0 Å². The fourth-order valence-electron chi connectivity index (χ4n) is 1.40. The first-order valence-corrected chi connectivity index (χ1v) is 6.75. The van der Waals surface area contributed by atoms with Crippen molar-refractivity contribution in [2.24, 2.45) is 0 Å². The molecule has 0 bridgehead atoms. The van der Waals surface area contributed by atoms with Gasteiger partial charge < -0.3 is 4.74 Å². The van der Waals surface area contributed by atoms with Gasteiger partial charge in [-0.2, -0.15) is 0 Å². The summed E-state index contributed by atoms with van der Waals surface area (Å²) < 4.78 is 6.99. The summed E-state index contributed by atoms with van der Waals surface area (Å²) in [5.74, 6) is 0. The van der Waals surface area contributed by atoms with E-state index in [4.69, 9.17) is 4.74 Å². The molecule has 2 heteroatoms. The van der Waals surface area contributed by atoms with Gasteiger partial charge in [-0.3, -0.25) is 0 Å². The first-order valence-electron chi connectivity index (χ1n) is 5.23. The van der Waals surface area contributed by atoms with Crippen molar-refractivity contribution in [2.75, 3.05) is 4.43 Å². The molecule has 1 nitrogen and oxygen atoms in total. The lowest BCUT2D eigenvalue weighted by atomic mass is 10.1. The third kappa shape index (κ3) is 4.51. The van der Waals surface area contributed by atoms with Gasteiger partial charge in [-0.05, 0) is 33.3 Å². The van der Waals surface area contributed by atoms with Crippen molar-refractivity contribution >= 4 is 22.6 Å². The zero-order chi connectivity index (χ0) is 11.5. The van der Waals surface area contributed by atoms with E-state index in [1.165, 1.54) is 11.1 Å². The molecule has 1 aromatic carbocycles. The van der Waals surface area contributed by atoms with Crippen LogP contribution < -0.4 is 0 Å². The number of rotatable bonds is 3. The van der Waals surface area contributed by atoms with Gasteiger partial charge in [-0.1, -0.05) is 52.4 Å². The van der Waals surface area contributed by atoms with Gasteiger partial charge in [0.2, 0.25) is 0 Å². The van der Waals surface area contributed by atoms with Crippen LogP contribution in [0, 0.1) is 6.92 Å². The van der Waals surface area contributed by atoms with Gasteiger partial charge in [0, 0.05) is 4.43 Å². The molecule has 0 amide bonds. The number of hydrogen-bond acceptors (Lipinski definition) is 1. The van der Waals surface area contributed by atoms with E-state index in [0.29, 0.717) is 0 Å². The predicted octanol–water partition coefficient (Wildman–Crippen LogP) is 4.29. The Kier molecular flexibility index (Phi) is 4.59. The molecule has 0 saturated carbocycles. The minimum atomic E-state index is -0.0826. The second-order valence-electron chi connectivity index (χ2n) is 4.78. The maximum atomic E-state index is 6.01. The topological polar surface area (TPSA) is 9.23 Å². The molecule has 1 aromatic rings. The molecular weight excluding hydrogens is 299 g/mol. The molecule has 0 fully saturated rings. The molecule has 0 spiro atoms. The van der Waals surface area contributed by atoms with Crippen molar-refractivity contribution in [3.63, 3.8) is 0 Å². The van der Waals surface area contributed by atoms with Crippen molar-refractivity contribution in [1.82, 2.24) is 0 Å². The number of halogens is 1. The molecule has 0 aromatic heterocycles. The molecule has 0 aliphatic heterocycles. The van der Waals surface area contributed by atoms with Crippen molar-refractivity contribution in [1.29, 1.82) is 0 Å². The van der Waals surface area contributed by atoms with Crippen LogP contribution in [0.5, 0.6) is 0 Å². The number of aryl methyl sites for hydroxylation is 1. The number of hydrogen-bond donors (Lipinski definition) is 0. The molecule has 1 atom stereocenters.